The molecule has 11 heavy (non-hydrogen) atoms. The first-order chi connectivity index (χ1) is 5.40. The highest BCUT2D eigenvalue weighted by atomic mass is 14.6. The quantitative estimate of drug-likeness (QED) is 0.492. The van der Waals surface area contributed by atoms with Gasteiger partial charge in [-0.3, -0.25) is 0 Å². The molecule has 1 aliphatic carbocycles. The summed E-state index contributed by atoms with van der Waals surface area (Å²) < 4.78 is 0. The lowest BCUT2D eigenvalue weighted by molar-refractivity contribution is 0.912. The summed E-state index contributed by atoms with van der Waals surface area (Å²) in [5, 5.41) is 0. The number of hydrogen-bond donors (Lipinski definition) is 0. The molecular weight excluding hydrogens is 134 g/mol. The van der Waals surface area contributed by atoms with Gasteiger partial charge in [0.15, 0.2) is 5.69 Å². The third-order valence-electron chi connectivity index (χ3n) is 2.21. The molecule has 0 saturated heterocycles. The van der Waals surface area contributed by atoms with Gasteiger partial charge in [-0.15, -0.1) is 0 Å². The predicted octanol–water partition coefficient (Wildman–Crippen LogP) is 2.73. The Morgan fingerprint density at radius 1 is 1.18 bits per heavy atom. The van der Waals surface area contributed by atoms with E-state index in [0.29, 0.717) is 0 Å². The average Bonchev–Trinajstić information content (AvgIpc) is 2.50. The van der Waals surface area contributed by atoms with Crippen molar-refractivity contribution in [2.45, 2.75) is 19.3 Å². The Balaban J connectivity index is 2.51. The van der Waals surface area contributed by atoms with Crippen molar-refractivity contribution in [2.24, 2.45) is 0 Å². The lowest BCUT2D eigenvalue weighted by Crippen LogP contribution is -1.78. The molecule has 0 amide bonds. The van der Waals surface area contributed by atoms with Crippen molar-refractivity contribution in [2.75, 3.05) is 0 Å². The zero-order chi connectivity index (χ0) is 7.68. The van der Waals surface area contributed by atoms with Gasteiger partial charge < -0.3 is 0 Å². The molecule has 1 heteroatoms. The number of rotatable bonds is 0. The fourth-order valence-electron chi connectivity index (χ4n) is 1.63. The first kappa shape index (κ1) is 6.42. The Hall–Kier alpha value is -1.29. The van der Waals surface area contributed by atoms with Crippen molar-refractivity contribution in [3.05, 3.63) is 40.7 Å². The highest BCUT2D eigenvalue weighted by Gasteiger charge is 2.09. The molecule has 0 aromatic heterocycles. The van der Waals surface area contributed by atoms with E-state index in [0.717, 1.165) is 5.69 Å². The Labute approximate surface area is 66.5 Å². The van der Waals surface area contributed by atoms with Crippen LogP contribution in [0.2, 0.25) is 0 Å². The standard InChI is InChI=1S/C10H9N/c1-11-10-6-5-8-3-2-4-9(8)7-10/h5-7H,2-4H2. The van der Waals surface area contributed by atoms with Crippen LogP contribution in [0.4, 0.5) is 5.69 Å². The summed E-state index contributed by atoms with van der Waals surface area (Å²) in [6.07, 6.45) is 3.63. The smallest absolute Gasteiger partial charge is 0.187 e. The molecule has 54 valence electrons. The number of fused-ring (bicyclic) bond motifs is 1. The molecule has 1 aliphatic rings. The molecule has 0 saturated carbocycles. The minimum absolute atomic E-state index is 0.783. The maximum absolute atomic E-state index is 6.83. The van der Waals surface area contributed by atoms with Gasteiger partial charge in [0.2, 0.25) is 0 Å². The van der Waals surface area contributed by atoms with E-state index in [1.165, 1.54) is 30.4 Å². The average molecular weight is 143 g/mol. The van der Waals surface area contributed by atoms with Gasteiger partial charge in [-0.1, -0.05) is 23.8 Å². The summed E-state index contributed by atoms with van der Waals surface area (Å²) in [5.41, 5.74) is 3.61. The van der Waals surface area contributed by atoms with Gasteiger partial charge >= 0.3 is 0 Å². The summed E-state index contributed by atoms with van der Waals surface area (Å²) in [7, 11) is 0. The van der Waals surface area contributed by atoms with Crippen LogP contribution in [0, 0.1) is 6.57 Å². The molecule has 1 aromatic rings. The number of benzene rings is 1. The second kappa shape index (κ2) is 2.39. The first-order valence-electron chi connectivity index (χ1n) is 3.89. The molecule has 0 spiro atoms. The minimum atomic E-state index is 0.783. The summed E-state index contributed by atoms with van der Waals surface area (Å²) in [6.45, 7) is 6.83. The third-order valence-corrected chi connectivity index (χ3v) is 2.21. The Morgan fingerprint density at radius 3 is 2.82 bits per heavy atom. The van der Waals surface area contributed by atoms with Crippen LogP contribution in [-0.4, -0.2) is 0 Å². The van der Waals surface area contributed by atoms with E-state index in [2.05, 4.69) is 10.9 Å². The summed E-state index contributed by atoms with van der Waals surface area (Å²) >= 11 is 0. The van der Waals surface area contributed by atoms with Crippen LogP contribution in [0.15, 0.2) is 18.2 Å². The van der Waals surface area contributed by atoms with Crippen LogP contribution in [0.3, 0.4) is 0 Å². The SMILES string of the molecule is [C-]#[N+]c1ccc2c(c1)CCC2. The molecule has 0 heterocycles. The lowest BCUT2D eigenvalue weighted by Gasteiger charge is -1.96. The van der Waals surface area contributed by atoms with Gasteiger partial charge in [-0.05, 0) is 24.8 Å². The summed E-state index contributed by atoms with van der Waals surface area (Å²) in [6, 6.07) is 6.03. The van der Waals surface area contributed by atoms with Gasteiger partial charge in [0, 0.05) is 0 Å². The van der Waals surface area contributed by atoms with Crippen molar-refractivity contribution in [3.63, 3.8) is 0 Å². The zero-order valence-electron chi connectivity index (χ0n) is 6.30. The Kier molecular flexibility index (Phi) is 1.40. The van der Waals surface area contributed by atoms with Gasteiger partial charge in [0.05, 0.1) is 6.57 Å². The molecule has 0 bridgehead atoms. The monoisotopic (exact) mass is 143 g/mol. The zero-order valence-corrected chi connectivity index (χ0v) is 6.30. The molecule has 1 nitrogen and oxygen atoms in total. The van der Waals surface area contributed by atoms with Gasteiger partial charge in [-0.2, -0.15) is 0 Å². The lowest BCUT2D eigenvalue weighted by atomic mass is 10.1. The predicted molar refractivity (Wildman–Crippen MR) is 44.7 cm³/mol. The number of aryl methyl sites for hydroxylation is 2. The molecule has 1 aromatic carbocycles. The van der Waals surface area contributed by atoms with E-state index in [9.17, 15) is 0 Å². The first-order valence-corrected chi connectivity index (χ1v) is 3.89. The van der Waals surface area contributed by atoms with Crippen molar-refractivity contribution in [1.82, 2.24) is 0 Å². The molecular formula is C10H9N. The van der Waals surface area contributed by atoms with Crippen LogP contribution < -0.4 is 0 Å². The third kappa shape index (κ3) is 1.01. The van der Waals surface area contributed by atoms with Crippen LogP contribution in [0.25, 0.3) is 4.85 Å². The molecule has 2 rings (SSSR count). The van der Waals surface area contributed by atoms with Crippen LogP contribution in [0.5, 0.6) is 0 Å². The fourth-order valence-corrected chi connectivity index (χ4v) is 1.63. The van der Waals surface area contributed by atoms with Crippen LogP contribution in [-0.2, 0) is 12.8 Å². The maximum Gasteiger partial charge on any atom is 0.187 e. The Bertz CT molecular complexity index is 320. The van der Waals surface area contributed by atoms with Crippen molar-refractivity contribution >= 4 is 5.69 Å². The molecule has 0 N–H and O–H groups in total. The van der Waals surface area contributed by atoms with Gasteiger partial charge in [-0.25, -0.2) is 4.85 Å². The second-order valence-electron chi connectivity index (χ2n) is 2.92. The van der Waals surface area contributed by atoms with Crippen LogP contribution >= 0.6 is 0 Å². The van der Waals surface area contributed by atoms with Crippen molar-refractivity contribution in [1.29, 1.82) is 0 Å². The molecule has 0 aliphatic heterocycles. The highest BCUT2D eigenvalue weighted by Crippen LogP contribution is 2.25. The second-order valence-corrected chi connectivity index (χ2v) is 2.92. The number of hydrogen-bond acceptors (Lipinski definition) is 0. The van der Waals surface area contributed by atoms with Gasteiger partial charge in [0.25, 0.3) is 0 Å². The topological polar surface area (TPSA) is 4.36 Å². The van der Waals surface area contributed by atoms with Crippen molar-refractivity contribution in [3.8, 4) is 0 Å². The van der Waals surface area contributed by atoms with Crippen molar-refractivity contribution < 1.29 is 0 Å². The van der Waals surface area contributed by atoms with E-state index >= 15 is 0 Å². The Morgan fingerprint density at radius 2 is 2.00 bits per heavy atom. The van der Waals surface area contributed by atoms with Gasteiger partial charge in [0.1, 0.15) is 0 Å². The largest absolute Gasteiger partial charge is 0.238 e. The fraction of sp³-hybridized carbons (Fsp3) is 0.300. The van der Waals surface area contributed by atoms with Crippen LogP contribution in [0.1, 0.15) is 17.5 Å². The minimum Gasteiger partial charge on any atom is -0.238 e. The normalized spacial score (nSPS) is 14.1. The summed E-state index contributed by atoms with van der Waals surface area (Å²) in [4.78, 5) is 3.40. The molecule has 0 unspecified atom stereocenters. The maximum atomic E-state index is 6.83. The summed E-state index contributed by atoms with van der Waals surface area (Å²) in [5.74, 6) is 0. The molecule has 0 fully saturated rings. The number of nitrogens with zero attached hydrogens (tertiary/aromatic N) is 1. The highest BCUT2D eigenvalue weighted by molar-refractivity contribution is 5.50. The molecule has 0 atom stereocenters. The van der Waals surface area contributed by atoms with E-state index in [1.807, 2.05) is 12.1 Å². The van der Waals surface area contributed by atoms with E-state index in [4.69, 9.17) is 6.57 Å². The molecule has 0 radical (unpaired) electrons. The van der Waals surface area contributed by atoms with E-state index in [1.54, 1.807) is 0 Å². The van der Waals surface area contributed by atoms with E-state index < -0.39 is 0 Å². The van der Waals surface area contributed by atoms with E-state index in [-0.39, 0.29) is 0 Å².